The summed E-state index contributed by atoms with van der Waals surface area (Å²) in [5.74, 6) is -0.334. The highest BCUT2D eigenvalue weighted by Crippen LogP contribution is 2.15. The van der Waals surface area contributed by atoms with Crippen LogP contribution in [0.4, 0.5) is 5.69 Å². The molecular weight excluding hydrogens is 230 g/mol. The maximum Gasteiger partial charge on any atom is 0.340 e. The van der Waals surface area contributed by atoms with E-state index >= 15 is 0 Å². The average Bonchev–Trinajstić information content (AvgIpc) is 2.37. The molecule has 0 unspecified atom stereocenters. The minimum atomic E-state index is -0.476. The molecule has 0 aromatic heterocycles. The van der Waals surface area contributed by atoms with E-state index in [0.717, 1.165) is 5.56 Å². The van der Waals surface area contributed by atoms with Gasteiger partial charge in [0.05, 0.1) is 5.56 Å². The Kier molecular flexibility index (Phi) is 3.48. The molecule has 0 saturated carbocycles. The number of anilines is 1. The third-order valence-electron chi connectivity index (χ3n) is 2.46. The smallest absolute Gasteiger partial charge is 0.340 e. The SMILES string of the molecule is Nc1ccccc1C(=O)OCc1cccc(O)c1. The van der Waals surface area contributed by atoms with Crippen molar-refractivity contribution < 1.29 is 14.6 Å². The first-order valence-corrected chi connectivity index (χ1v) is 5.46. The van der Waals surface area contributed by atoms with Crippen LogP contribution in [0.5, 0.6) is 5.75 Å². The maximum absolute atomic E-state index is 11.8. The molecule has 0 aliphatic carbocycles. The highest BCUT2D eigenvalue weighted by atomic mass is 16.5. The Morgan fingerprint density at radius 1 is 1.17 bits per heavy atom. The van der Waals surface area contributed by atoms with Crippen molar-refractivity contribution in [3.8, 4) is 5.75 Å². The first-order chi connectivity index (χ1) is 8.66. The zero-order chi connectivity index (χ0) is 13.0. The molecule has 0 bridgehead atoms. The number of esters is 1. The number of aromatic hydroxyl groups is 1. The van der Waals surface area contributed by atoms with Crippen molar-refractivity contribution in [1.29, 1.82) is 0 Å². The van der Waals surface area contributed by atoms with Gasteiger partial charge in [0.25, 0.3) is 0 Å². The van der Waals surface area contributed by atoms with Gasteiger partial charge in [-0.1, -0.05) is 24.3 Å². The Hall–Kier alpha value is -2.49. The highest BCUT2D eigenvalue weighted by molar-refractivity contribution is 5.94. The summed E-state index contributed by atoms with van der Waals surface area (Å²) in [6.45, 7) is 0.0988. The number of nitrogens with two attached hydrogens (primary N) is 1. The van der Waals surface area contributed by atoms with Gasteiger partial charge in [0.2, 0.25) is 0 Å². The fraction of sp³-hybridized carbons (Fsp3) is 0.0714. The molecule has 0 saturated heterocycles. The van der Waals surface area contributed by atoms with Gasteiger partial charge in [-0.15, -0.1) is 0 Å². The number of phenolic OH excluding ortho intramolecular Hbond substituents is 1. The summed E-state index contributed by atoms with van der Waals surface area (Å²) in [4.78, 5) is 11.8. The summed E-state index contributed by atoms with van der Waals surface area (Å²) >= 11 is 0. The molecule has 0 spiro atoms. The zero-order valence-electron chi connectivity index (χ0n) is 9.67. The normalized spacial score (nSPS) is 10.0. The van der Waals surface area contributed by atoms with E-state index in [1.807, 2.05) is 0 Å². The predicted octanol–water partition coefficient (Wildman–Crippen LogP) is 2.33. The highest BCUT2D eigenvalue weighted by Gasteiger charge is 2.10. The van der Waals surface area contributed by atoms with E-state index in [1.54, 1.807) is 48.5 Å². The quantitative estimate of drug-likeness (QED) is 0.641. The van der Waals surface area contributed by atoms with E-state index in [9.17, 15) is 9.90 Å². The number of phenols is 1. The molecule has 2 aromatic carbocycles. The molecule has 4 nitrogen and oxygen atoms in total. The van der Waals surface area contributed by atoms with Crippen LogP contribution in [0.3, 0.4) is 0 Å². The van der Waals surface area contributed by atoms with Gasteiger partial charge >= 0.3 is 5.97 Å². The number of ether oxygens (including phenoxy) is 1. The van der Waals surface area contributed by atoms with Crippen molar-refractivity contribution in [3.63, 3.8) is 0 Å². The standard InChI is InChI=1S/C14H13NO3/c15-13-7-2-1-6-12(13)14(17)18-9-10-4-3-5-11(16)8-10/h1-8,16H,9,15H2. The fourth-order valence-corrected chi connectivity index (χ4v) is 1.56. The van der Waals surface area contributed by atoms with Crippen LogP contribution < -0.4 is 5.73 Å². The van der Waals surface area contributed by atoms with Crippen LogP contribution in [0.25, 0.3) is 0 Å². The second kappa shape index (κ2) is 5.23. The van der Waals surface area contributed by atoms with Crippen molar-refractivity contribution in [3.05, 3.63) is 59.7 Å². The number of hydrogen-bond donors (Lipinski definition) is 2. The maximum atomic E-state index is 11.8. The average molecular weight is 243 g/mol. The molecule has 2 aromatic rings. The Bertz CT molecular complexity index is 566. The van der Waals surface area contributed by atoms with Gasteiger partial charge in [0, 0.05) is 5.69 Å². The number of para-hydroxylation sites is 1. The zero-order valence-corrected chi connectivity index (χ0v) is 9.67. The van der Waals surface area contributed by atoms with Crippen LogP contribution in [-0.2, 0) is 11.3 Å². The Balaban J connectivity index is 2.03. The molecule has 0 amide bonds. The molecule has 0 aliphatic rings. The van der Waals surface area contributed by atoms with Crippen molar-refractivity contribution in [2.75, 3.05) is 5.73 Å². The number of carbonyl (C=O) groups is 1. The molecule has 0 radical (unpaired) electrons. The number of nitrogen functional groups attached to an aromatic ring is 1. The second-order valence-corrected chi connectivity index (χ2v) is 3.83. The lowest BCUT2D eigenvalue weighted by molar-refractivity contribution is 0.0473. The molecule has 92 valence electrons. The number of benzene rings is 2. The minimum absolute atomic E-state index is 0.0988. The number of carbonyl (C=O) groups excluding carboxylic acids is 1. The third kappa shape index (κ3) is 2.79. The molecule has 18 heavy (non-hydrogen) atoms. The summed E-state index contributed by atoms with van der Waals surface area (Å²) < 4.78 is 5.12. The first kappa shape index (κ1) is 12.0. The van der Waals surface area contributed by atoms with Crippen LogP contribution >= 0.6 is 0 Å². The van der Waals surface area contributed by atoms with Gasteiger partial charge in [-0.25, -0.2) is 4.79 Å². The second-order valence-electron chi connectivity index (χ2n) is 3.83. The van der Waals surface area contributed by atoms with Crippen molar-refractivity contribution in [2.45, 2.75) is 6.61 Å². The van der Waals surface area contributed by atoms with E-state index in [-0.39, 0.29) is 12.4 Å². The van der Waals surface area contributed by atoms with Crippen LogP contribution in [-0.4, -0.2) is 11.1 Å². The van der Waals surface area contributed by atoms with Gasteiger partial charge < -0.3 is 15.6 Å². The lowest BCUT2D eigenvalue weighted by atomic mass is 10.2. The van der Waals surface area contributed by atoms with Gasteiger partial charge in [-0.3, -0.25) is 0 Å². The van der Waals surface area contributed by atoms with Gasteiger partial charge in [0.15, 0.2) is 0 Å². The van der Waals surface area contributed by atoms with Crippen LogP contribution in [0, 0.1) is 0 Å². The monoisotopic (exact) mass is 243 g/mol. The van der Waals surface area contributed by atoms with E-state index in [1.165, 1.54) is 0 Å². The molecular formula is C14H13NO3. The predicted molar refractivity (Wildman–Crippen MR) is 68.1 cm³/mol. The van der Waals surface area contributed by atoms with Crippen molar-refractivity contribution >= 4 is 11.7 Å². The molecule has 2 rings (SSSR count). The van der Waals surface area contributed by atoms with Gasteiger partial charge in [-0.05, 0) is 29.8 Å². The molecule has 0 atom stereocenters. The van der Waals surface area contributed by atoms with Crippen molar-refractivity contribution in [2.24, 2.45) is 0 Å². The number of rotatable bonds is 3. The molecule has 0 aliphatic heterocycles. The summed E-state index contributed by atoms with van der Waals surface area (Å²) in [5, 5.41) is 9.28. The summed E-state index contributed by atoms with van der Waals surface area (Å²) in [6.07, 6.45) is 0. The van der Waals surface area contributed by atoms with Gasteiger partial charge in [-0.2, -0.15) is 0 Å². The molecule has 3 N–H and O–H groups in total. The third-order valence-corrected chi connectivity index (χ3v) is 2.46. The van der Waals surface area contributed by atoms with E-state index < -0.39 is 5.97 Å². The lowest BCUT2D eigenvalue weighted by Crippen LogP contribution is -2.07. The summed E-state index contributed by atoms with van der Waals surface area (Å²) in [5.41, 5.74) is 7.13. The molecule has 0 fully saturated rings. The van der Waals surface area contributed by atoms with Crippen LogP contribution in [0.15, 0.2) is 48.5 Å². The fourth-order valence-electron chi connectivity index (χ4n) is 1.56. The first-order valence-electron chi connectivity index (χ1n) is 5.46. The van der Waals surface area contributed by atoms with E-state index in [0.29, 0.717) is 11.3 Å². The van der Waals surface area contributed by atoms with Gasteiger partial charge in [0.1, 0.15) is 12.4 Å². The van der Waals surface area contributed by atoms with Crippen LogP contribution in [0.2, 0.25) is 0 Å². The number of hydrogen-bond acceptors (Lipinski definition) is 4. The van der Waals surface area contributed by atoms with E-state index in [2.05, 4.69) is 0 Å². The molecule has 0 heterocycles. The van der Waals surface area contributed by atoms with Crippen LogP contribution in [0.1, 0.15) is 15.9 Å². The molecule has 4 heteroatoms. The summed E-state index contributed by atoms with van der Waals surface area (Å²) in [6, 6.07) is 13.3. The minimum Gasteiger partial charge on any atom is -0.508 e. The lowest BCUT2D eigenvalue weighted by Gasteiger charge is -2.07. The Labute approximate surface area is 105 Å². The summed E-state index contributed by atoms with van der Waals surface area (Å²) in [7, 11) is 0. The van der Waals surface area contributed by atoms with E-state index in [4.69, 9.17) is 10.5 Å². The Morgan fingerprint density at radius 3 is 2.67 bits per heavy atom. The Morgan fingerprint density at radius 2 is 1.94 bits per heavy atom. The largest absolute Gasteiger partial charge is 0.508 e. The topological polar surface area (TPSA) is 72.6 Å². The van der Waals surface area contributed by atoms with Crippen molar-refractivity contribution in [1.82, 2.24) is 0 Å².